The number of ether oxygens (including phenoxy) is 2. The minimum Gasteiger partial charge on any atom is -0.460 e. The zero-order valence-corrected chi connectivity index (χ0v) is 12.8. The molecule has 0 aliphatic rings. The van der Waals surface area contributed by atoms with Crippen molar-refractivity contribution in [2.24, 2.45) is 0 Å². The predicted octanol–water partition coefficient (Wildman–Crippen LogP) is 0.719. The standard InChI is InChI=1S/C16H18N2O5/c1-12-11-18(16(21)17-14(12)19)7-8-22-9-10-23-15(20)13-5-3-2-4-6-13/h2-6,11H,7-10H2,1H3,(H,17,19,21). The van der Waals surface area contributed by atoms with Crippen LogP contribution in [0.25, 0.3) is 0 Å². The smallest absolute Gasteiger partial charge is 0.338 e. The maximum absolute atomic E-state index is 11.7. The molecule has 0 aliphatic carbocycles. The molecule has 2 aromatic rings. The van der Waals surface area contributed by atoms with Crippen molar-refractivity contribution in [2.45, 2.75) is 13.5 Å². The van der Waals surface area contributed by atoms with Gasteiger partial charge in [-0.25, -0.2) is 9.59 Å². The van der Waals surface area contributed by atoms with Crippen molar-refractivity contribution in [3.63, 3.8) is 0 Å². The molecule has 2 rings (SSSR count). The van der Waals surface area contributed by atoms with E-state index in [4.69, 9.17) is 9.47 Å². The fraction of sp³-hybridized carbons (Fsp3) is 0.312. The molecule has 1 N–H and O–H groups in total. The third-order valence-electron chi connectivity index (χ3n) is 3.14. The summed E-state index contributed by atoms with van der Waals surface area (Å²) < 4.78 is 11.7. The Labute approximate surface area is 132 Å². The zero-order valence-electron chi connectivity index (χ0n) is 12.8. The maximum Gasteiger partial charge on any atom is 0.338 e. The summed E-state index contributed by atoms with van der Waals surface area (Å²) >= 11 is 0. The predicted molar refractivity (Wildman–Crippen MR) is 83.6 cm³/mol. The number of aryl methyl sites for hydroxylation is 1. The lowest BCUT2D eigenvalue weighted by atomic mass is 10.2. The molecule has 7 heteroatoms. The summed E-state index contributed by atoms with van der Waals surface area (Å²) in [6.45, 7) is 2.57. The highest BCUT2D eigenvalue weighted by atomic mass is 16.6. The normalized spacial score (nSPS) is 10.5. The van der Waals surface area contributed by atoms with Crippen molar-refractivity contribution in [3.8, 4) is 0 Å². The molecular formula is C16H18N2O5. The molecule has 0 atom stereocenters. The van der Waals surface area contributed by atoms with E-state index in [2.05, 4.69) is 4.98 Å². The van der Waals surface area contributed by atoms with Crippen LogP contribution in [0.15, 0.2) is 46.1 Å². The van der Waals surface area contributed by atoms with Crippen molar-refractivity contribution in [2.75, 3.05) is 19.8 Å². The highest BCUT2D eigenvalue weighted by molar-refractivity contribution is 5.89. The summed E-state index contributed by atoms with van der Waals surface area (Å²) in [6, 6.07) is 8.69. The van der Waals surface area contributed by atoms with Gasteiger partial charge in [0.1, 0.15) is 6.61 Å². The van der Waals surface area contributed by atoms with Crippen LogP contribution in [0.2, 0.25) is 0 Å². The number of hydrogen-bond donors (Lipinski definition) is 1. The summed E-state index contributed by atoms with van der Waals surface area (Å²) in [6.07, 6.45) is 1.49. The fourth-order valence-corrected chi connectivity index (χ4v) is 1.90. The van der Waals surface area contributed by atoms with Crippen LogP contribution in [-0.4, -0.2) is 35.3 Å². The molecule has 0 aliphatic heterocycles. The average Bonchev–Trinajstić information content (AvgIpc) is 2.55. The van der Waals surface area contributed by atoms with Gasteiger partial charge < -0.3 is 9.47 Å². The van der Waals surface area contributed by atoms with Crippen LogP contribution in [0.5, 0.6) is 0 Å². The first kappa shape index (κ1) is 16.7. The lowest BCUT2D eigenvalue weighted by Gasteiger charge is -2.08. The number of benzene rings is 1. The molecule has 0 amide bonds. The number of nitrogens with zero attached hydrogens (tertiary/aromatic N) is 1. The molecule has 0 radical (unpaired) electrons. The third-order valence-corrected chi connectivity index (χ3v) is 3.14. The number of hydrogen-bond acceptors (Lipinski definition) is 5. The maximum atomic E-state index is 11.7. The summed E-state index contributed by atoms with van der Waals surface area (Å²) in [5.41, 5.74) is 0.0869. The summed E-state index contributed by atoms with van der Waals surface area (Å²) in [7, 11) is 0. The minimum atomic E-state index is -0.472. The van der Waals surface area contributed by atoms with E-state index < -0.39 is 11.7 Å². The Bertz CT molecular complexity index is 764. The topological polar surface area (TPSA) is 90.4 Å². The quantitative estimate of drug-likeness (QED) is 0.600. The number of aromatic nitrogens is 2. The van der Waals surface area contributed by atoms with Crippen molar-refractivity contribution < 1.29 is 14.3 Å². The van der Waals surface area contributed by atoms with E-state index in [1.54, 1.807) is 31.2 Å². The molecule has 1 aromatic carbocycles. The van der Waals surface area contributed by atoms with Gasteiger partial charge in [0.2, 0.25) is 0 Å². The van der Waals surface area contributed by atoms with Gasteiger partial charge in [0.25, 0.3) is 5.56 Å². The lowest BCUT2D eigenvalue weighted by molar-refractivity contribution is 0.0305. The molecule has 1 aromatic heterocycles. The van der Waals surface area contributed by atoms with E-state index in [0.717, 1.165) is 0 Å². The van der Waals surface area contributed by atoms with Crippen molar-refractivity contribution in [3.05, 3.63) is 68.5 Å². The molecule has 0 spiro atoms. The number of carbonyl (C=O) groups excluding carboxylic acids is 1. The average molecular weight is 318 g/mol. The van der Waals surface area contributed by atoms with Crippen LogP contribution < -0.4 is 11.2 Å². The zero-order chi connectivity index (χ0) is 16.7. The Balaban J connectivity index is 1.69. The number of rotatable bonds is 7. The second-order valence-electron chi connectivity index (χ2n) is 4.88. The van der Waals surface area contributed by atoms with Gasteiger partial charge in [-0.1, -0.05) is 18.2 Å². The first-order valence-electron chi connectivity index (χ1n) is 7.18. The lowest BCUT2D eigenvalue weighted by Crippen LogP contribution is -2.31. The van der Waals surface area contributed by atoms with Crippen LogP contribution in [-0.2, 0) is 16.0 Å². The van der Waals surface area contributed by atoms with Crippen LogP contribution in [0, 0.1) is 6.92 Å². The van der Waals surface area contributed by atoms with Gasteiger partial charge in [-0.2, -0.15) is 0 Å². The van der Waals surface area contributed by atoms with Crippen molar-refractivity contribution in [1.29, 1.82) is 0 Å². The van der Waals surface area contributed by atoms with Gasteiger partial charge in [-0.15, -0.1) is 0 Å². The van der Waals surface area contributed by atoms with Gasteiger partial charge in [0.15, 0.2) is 0 Å². The first-order chi connectivity index (χ1) is 11.1. The van der Waals surface area contributed by atoms with Crippen LogP contribution in [0.4, 0.5) is 0 Å². The molecule has 0 fully saturated rings. The number of nitrogens with one attached hydrogen (secondary N) is 1. The highest BCUT2D eigenvalue weighted by Crippen LogP contribution is 2.00. The molecule has 0 unspecified atom stereocenters. The number of aromatic amines is 1. The first-order valence-corrected chi connectivity index (χ1v) is 7.18. The molecule has 0 saturated carbocycles. The Hall–Kier alpha value is -2.67. The molecule has 122 valence electrons. The molecule has 23 heavy (non-hydrogen) atoms. The largest absolute Gasteiger partial charge is 0.460 e. The van der Waals surface area contributed by atoms with Gasteiger partial charge in [-0.05, 0) is 19.1 Å². The minimum absolute atomic E-state index is 0.132. The van der Waals surface area contributed by atoms with E-state index in [1.807, 2.05) is 6.07 Å². The highest BCUT2D eigenvalue weighted by Gasteiger charge is 2.05. The molecule has 7 nitrogen and oxygen atoms in total. The van der Waals surface area contributed by atoms with E-state index in [0.29, 0.717) is 17.7 Å². The molecule has 0 saturated heterocycles. The van der Waals surface area contributed by atoms with E-state index >= 15 is 0 Å². The van der Waals surface area contributed by atoms with E-state index in [9.17, 15) is 14.4 Å². The Morgan fingerprint density at radius 2 is 1.87 bits per heavy atom. The summed E-state index contributed by atoms with van der Waals surface area (Å²) in [5.74, 6) is -0.401. The number of carbonyl (C=O) groups is 1. The van der Waals surface area contributed by atoms with Crippen LogP contribution >= 0.6 is 0 Å². The third kappa shape index (κ3) is 4.93. The molecule has 0 bridgehead atoms. The summed E-state index contributed by atoms with van der Waals surface area (Å²) in [5, 5.41) is 0. The van der Waals surface area contributed by atoms with Gasteiger partial charge in [0, 0.05) is 11.8 Å². The number of H-pyrrole nitrogens is 1. The van der Waals surface area contributed by atoms with Gasteiger partial charge >= 0.3 is 11.7 Å². The van der Waals surface area contributed by atoms with Crippen molar-refractivity contribution >= 4 is 5.97 Å². The monoisotopic (exact) mass is 318 g/mol. The van der Waals surface area contributed by atoms with Gasteiger partial charge in [0.05, 0.1) is 25.3 Å². The van der Waals surface area contributed by atoms with Crippen molar-refractivity contribution in [1.82, 2.24) is 9.55 Å². The second-order valence-corrected chi connectivity index (χ2v) is 4.88. The second kappa shape index (κ2) is 8.09. The Morgan fingerprint density at radius 1 is 1.13 bits per heavy atom. The molecular weight excluding hydrogens is 300 g/mol. The Kier molecular flexibility index (Phi) is 5.87. The SMILES string of the molecule is Cc1cn(CCOCCOC(=O)c2ccccc2)c(=O)[nH]c1=O. The van der Waals surface area contributed by atoms with Crippen LogP contribution in [0.1, 0.15) is 15.9 Å². The van der Waals surface area contributed by atoms with Crippen LogP contribution in [0.3, 0.4) is 0 Å². The Morgan fingerprint density at radius 3 is 2.61 bits per heavy atom. The molecule has 1 heterocycles. The summed E-state index contributed by atoms with van der Waals surface area (Å²) in [4.78, 5) is 36.7. The van der Waals surface area contributed by atoms with Gasteiger partial charge in [-0.3, -0.25) is 14.3 Å². The fourth-order valence-electron chi connectivity index (χ4n) is 1.90. The van der Waals surface area contributed by atoms with E-state index in [-0.39, 0.29) is 25.4 Å². The number of esters is 1. The van der Waals surface area contributed by atoms with E-state index in [1.165, 1.54) is 10.8 Å².